The van der Waals surface area contributed by atoms with E-state index in [-0.39, 0.29) is 15.6 Å². The number of anilines is 1. The van der Waals surface area contributed by atoms with E-state index in [0.29, 0.717) is 10.9 Å². The average molecular weight is 448 g/mol. The SMILES string of the molecule is CC1CCN(c2nc3c(S(=O)(=O)c4ccc(Cl)cc4)nnn3c3ccsc23)CC1. The standard InChI is InChI=1S/C19H18ClN5O2S2/c1-12-6-9-24(10-7-12)17-16-15(8-11-28-16)25-18(21-17)19(22-23-25)29(26,27)14-4-2-13(20)3-5-14/h2-5,8,11-12H,6-7,9-10H2,1H3. The fourth-order valence-electron chi connectivity index (χ4n) is 3.64. The number of hydrogen-bond donors (Lipinski definition) is 0. The van der Waals surface area contributed by atoms with Crippen molar-refractivity contribution in [2.24, 2.45) is 5.92 Å². The molecular formula is C19H18ClN5O2S2. The van der Waals surface area contributed by atoms with E-state index >= 15 is 0 Å². The van der Waals surface area contributed by atoms with Crippen LogP contribution in [0.5, 0.6) is 0 Å². The molecule has 7 nitrogen and oxygen atoms in total. The third-order valence-electron chi connectivity index (χ3n) is 5.37. The van der Waals surface area contributed by atoms with Crippen LogP contribution in [-0.4, -0.2) is 41.3 Å². The molecule has 0 radical (unpaired) electrons. The van der Waals surface area contributed by atoms with E-state index in [2.05, 4.69) is 22.1 Å². The van der Waals surface area contributed by atoms with Gasteiger partial charge in [-0.1, -0.05) is 23.7 Å². The van der Waals surface area contributed by atoms with Crippen LogP contribution >= 0.6 is 22.9 Å². The van der Waals surface area contributed by atoms with Crippen LogP contribution in [0.4, 0.5) is 5.82 Å². The first-order valence-electron chi connectivity index (χ1n) is 9.33. The molecule has 150 valence electrons. The summed E-state index contributed by atoms with van der Waals surface area (Å²) in [5, 5.41) is 10.4. The van der Waals surface area contributed by atoms with E-state index in [0.717, 1.165) is 42.0 Å². The molecular weight excluding hydrogens is 430 g/mol. The molecule has 10 heteroatoms. The largest absolute Gasteiger partial charge is 0.355 e. The van der Waals surface area contributed by atoms with Gasteiger partial charge in [-0.25, -0.2) is 13.4 Å². The van der Waals surface area contributed by atoms with E-state index in [1.54, 1.807) is 23.5 Å². The first-order chi connectivity index (χ1) is 13.9. The minimum absolute atomic E-state index is 0.116. The number of aromatic nitrogens is 4. The molecule has 0 atom stereocenters. The van der Waals surface area contributed by atoms with Crippen LogP contribution in [0.3, 0.4) is 0 Å². The Balaban J connectivity index is 1.70. The quantitative estimate of drug-likeness (QED) is 0.471. The van der Waals surface area contributed by atoms with Crippen molar-refractivity contribution in [2.75, 3.05) is 18.0 Å². The Labute approximate surface area is 176 Å². The van der Waals surface area contributed by atoms with E-state index in [1.165, 1.54) is 16.6 Å². The van der Waals surface area contributed by atoms with Crippen molar-refractivity contribution in [3.05, 3.63) is 40.7 Å². The molecule has 5 rings (SSSR count). The monoisotopic (exact) mass is 447 g/mol. The Morgan fingerprint density at radius 3 is 2.59 bits per heavy atom. The van der Waals surface area contributed by atoms with Crippen molar-refractivity contribution in [3.63, 3.8) is 0 Å². The molecule has 0 amide bonds. The normalized spacial score (nSPS) is 16.1. The predicted octanol–water partition coefficient (Wildman–Crippen LogP) is 4.06. The minimum Gasteiger partial charge on any atom is -0.355 e. The topological polar surface area (TPSA) is 80.5 Å². The fraction of sp³-hybridized carbons (Fsp3) is 0.316. The molecule has 0 unspecified atom stereocenters. The van der Waals surface area contributed by atoms with Crippen molar-refractivity contribution in [1.29, 1.82) is 0 Å². The lowest BCUT2D eigenvalue weighted by Crippen LogP contribution is -2.33. The Kier molecular flexibility index (Phi) is 4.49. The molecule has 4 aromatic rings. The fourth-order valence-corrected chi connectivity index (χ4v) is 5.89. The molecule has 0 spiro atoms. The summed E-state index contributed by atoms with van der Waals surface area (Å²) in [6.07, 6.45) is 2.18. The molecule has 1 fully saturated rings. The highest BCUT2D eigenvalue weighted by Crippen LogP contribution is 2.34. The second kappa shape index (κ2) is 6.93. The van der Waals surface area contributed by atoms with E-state index in [4.69, 9.17) is 16.6 Å². The Hall–Kier alpha value is -2.23. The van der Waals surface area contributed by atoms with Gasteiger partial charge in [0.05, 0.1) is 15.1 Å². The molecule has 0 aliphatic carbocycles. The highest BCUT2D eigenvalue weighted by molar-refractivity contribution is 7.91. The van der Waals surface area contributed by atoms with Crippen molar-refractivity contribution in [2.45, 2.75) is 29.7 Å². The van der Waals surface area contributed by atoms with Gasteiger partial charge in [0.15, 0.2) is 11.5 Å². The molecule has 1 aliphatic heterocycles. The maximum atomic E-state index is 13.2. The number of hydrogen-bond acceptors (Lipinski definition) is 7. The summed E-state index contributed by atoms with van der Waals surface area (Å²) in [6, 6.07) is 7.96. The maximum Gasteiger partial charge on any atom is 0.229 e. The summed E-state index contributed by atoms with van der Waals surface area (Å²) in [4.78, 5) is 7.12. The molecule has 3 aromatic heterocycles. The lowest BCUT2D eigenvalue weighted by molar-refractivity contribution is 0.437. The van der Waals surface area contributed by atoms with Gasteiger partial charge in [0, 0.05) is 18.1 Å². The van der Waals surface area contributed by atoms with Gasteiger partial charge in [-0.3, -0.25) is 0 Å². The second-order valence-electron chi connectivity index (χ2n) is 7.33. The van der Waals surface area contributed by atoms with Crippen molar-refractivity contribution in [3.8, 4) is 0 Å². The number of benzene rings is 1. The van der Waals surface area contributed by atoms with Crippen molar-refractivity contribution < 1.29 is 8.42 Å². The summed E-state index contributed by atoms with van der Waals surface area (Å²) in [5.74, 6) is 1.50. The van der Waals surface area contributed by atoms with Crippen LogP contribution in [0, 0.1) is 5.92 Å². The minimum atomic E-state index is -3.88. The number of fused-ring (bicyclic) bond motifs is 3. The Morgan fingerprint density at radius 1 is 1.14 bits per heavy atom. The second-order valence-corrected chi connectivity index (χ2v) is 10.5. The lowest BCUT2D eigenvalue weighted by Gasteiger charge is -2.31. The Bertz CT molecular complexity index is 1310. The van der Waals surface area contributed by atoms with Crippen LogP contribution < -0.4 is 4.90 Å². The van der Waals surface area contributed by atoms with Crippen molar-refractivity contribution in [1.82, 2.24) is 19.8 Å². The number of thiophene rings is 1. The maximum absolute atomic E-state index is 13.2. The molecule has 1 saturated heterocycles. The van der Waals surface area contributed by atoms with Crippen LogP contribution in [0.2, 0.25) is 5.02 Å². The predicted molar refractivity (Wildman–Crippen MR) is 114 cm³/mol. The molecule has 1 aliphatic rings. The molecule has 0 saturated carbocycles. The zero-order valence-electron chi connectivity index (χ0n) is 15.6. The van der Waals surface area contributed by atoms with Gasteiger partial charge in [0.1, 0.15) is 0 Å². The van der Waals surface area contributed by atoms with Gasteiger partial charge in [-0.15, -0.1) is 16.4 Å². The smallest absolute Gasteiger partial charge is 0.229 e. The average Bonchev–Trinajstić information content (AvgIpc) is 3.35. The van der Waals surface area contributed by atoms with E-state index in [1.807, 2.05) is 11.4 Å². The summed E-state index contributed by atoms with van der Waals surface area (Å²) in [5.41, 5.74) is 1.07. The van der Waals surface area contributed by atoms with Crippen LogP contribution in [0.15, 0.2) is 45.6 Å². The van der Waals surface area contributed by atoms with Crippen molar-refractivity contribution >= 4 is 54.5 Å². The third kappa shape index (κ3) is 3.08. The number of sulfone groups is 1. The molecule has 0 bridgehead atoms. The van der Waals surface area contributed by atoms with Gasteiger partial charge in [-0.2, -0.15) is 4.52 Å². The summed E-state index contributed by atoms with van der Waals surface area (Å²) < 4.78 is 28.9. The number of piperidine rings is 1. The van der Waals surface area contributed by atoms with Gasteiger partial charge in [0.25, 0.3) is 0 Å². The first-order valence-corrected chi connectivity index (χ1v) is 12.1. The summed E-state index contributed by atoms with van der Waals surface area (Å²) in [6.45, 7) is 4.06. The molecule has 4 heterocycles. The number of nitrogens with zero attached hydrogens (tertiary/aromatic N) is 5. The van der Waals surface area contributed by atoms with Crippen LogP contribution in [-0.2, 0) is 9.84 Å². The Morgan fingerprint density at radius 2 is 1.86 bits per heavy atom. The van der Waals surface area contributed by atoms with Gasteiger partial charge in [0.2, 0.25) is 14.9 Å². The van der Waals surface area contributed by atoms with Gasteiger partial charge >= 0.3 is 0 Å². The van der Waals surface area contributed by atoms with Gasteiger partial charge < -0.3 is 4.90 Å². The molecule has 0 N–H and O–H groups in total. The summed E-state index contributed by atoms with van der Waals surface area (Å²) >= 11 is 7.49. The zero-order chi connectivity index (χ0) is 20.2. The highest BCUT2D eigenvalue weighted by atomic mass is 35.5. The van der Waals surface area contributed by atoms with E-state index in [9.17, 15) is 8.42 Å². The zero-order valence-corrected chi connectivity index (χ0v) is 18.0. The highest BCUT2D eigenvalue weighted by Gasteiger charge is 2.29. The number of rotatable bonds is 3. The van der Waals surface area contributed by atoms with Crippen LogP contribution in [0.25, 0.3) is 15.9 Å². The third-order valence-corrected chi connectivity index (χ3v) is 8.18. The lowest BCUT2D eigenvalue weighted by atomic mass is 9.99. The van der Waals surface area contributed by atoms with Crippen LogP contribution in [0.1, 0.15) is 19.8 Å². The van der Waals surface area contributed by atoms with E-state index < -0.39 is 9.84 Å². The molecule has 1 aromatic carbocycles. The number of halogens is 1. The summed E-state index contributed by atoms with van der Waals surface area (Å²) in [7, 11) is -3.88. The first kappa shape index (κ1) is 18.8. The molecule has 29 heavy (non-hydrogen) atoms. The van der Waals surface area contributed by atoms with Gasteiger partial charge in [-0.05, 0) is 54.5 Å².